The van der Waals surface area contributed by atoms with Crippen molar-refractivity contribution in [2.24, 2.45) is 0 Å². The number of esters is 1. The van der Waals surface area contributed by atoms with Crippen molar-refractivity contribution in [1.82, 2.24) is 10.1 Å². The van der Waals surface area contributed by atoms with Crippen LogP contribution >= 0.6 is 0 Å². The predicted molar refractivity (Wildman–Crippen MR) is 107 cm³/mol. The molecule has 0 atom stereocenters. The molecule has 0 spiro atoms. The summed E-state index contributed by atoms with van der Waals surface area (Å²) in [4.78, 5) is 16.0. The lowest BCUT2D eigenvalue weighted by Gasteiger charge is -2.07. The minimum absolute atomic E-state index is 0.380. The summed E-state index contributed by atoms with van der Waals surface area (Å²) in [6.45, 7) is 2.06. The highest BCUT2D eigenvalue weighted by atomic mass is 16.5. The highest BCUT2D eigenvalue weighted by molar-refractivity contribution is 5.89. The Morgan fingerprint density at radius 2 is 1.61 bits per heavy atom. The molecule has 0 fully saturated rings. The maximum Gasteiger partial charge on any atom is 0.337 e. The Morgan fingerprint density at radius 3 is 2.29 bits per heavy atom. The second-order valence-electron chi connectivity index (χ2n) is 6.39. The van der Waals surface area contributed by atoms with Crippen molar-refractivity contribution in [3.8, 4) is 34.0 Å². The molecule has 28 heavy (non-hydrogen) atoms. The Bertz CT molecular complexity index is 1120. The van der Waals surface area contributed by atoms with Crippen LogP contribution in [0, 0.1) is 6.92 Å². The number of rotatable bonds is 4. The van der Waals surface area contributed by atoms with Crippen LogP contribution in [0.25, 0.3) is 34.0 Å². The Kier molecular flexibility index (Phi) is 4.72. The van der Waals surface area contributed by atoms with E-state index < -0.39 is 0 Å². The van der Waals surface area contributed by atoms with Crippen molar-refractivity contribution in [1.29, 1.82) is 0 Å². The minimum atomic E-state index is -0.380. The maximum atomic E-state index is 11.5. The van der Waals surface area contributed by atoms with E-state index in [1.54, 1.807) is 24.3 Å². The van der Waals surface area contributed by atoms with Crippen LogP contribution in [0.15, 0.2) is 77.3 Å². The average Bonchev–Trinajstić information content (AvgIpc) is 3.24. The molecule has 0 radical (unpaired) electrons. The molecular weight excluding hydrogens is 352 g/mol. The van der Waals surface area contributed by atoms with E-state index >= 15 is 0 Å². The summed E-state index contributed by atoms with van der Waals surface area (Å²) in [5, 5.41) is 4.07. The fourth-order valence-electron chi connectivity index (χ4n) is 3.07. The molecule has 0 aliphatic rings. The Balaban J connectivity index is 1.61. The fraction of sp³-hybridized carbons (Fsp3) is 0.0870. The van der Waals surface area contributed by atoms with Crippen LogP contribution in [0.1, 0.15) is 15.9 Å². The first-order chi connectivity index (χ1) is 13.7. The summed E-state index contributed by atoms with van der Waals surface area (Å²) in [5.74, 6) is 0.542. The van der Waals surface area contributed by atoms with Crippen LogP contribution in [0.5, 0.6) is 0 Å². The highest BCUT2D eigenvalue weighted by Crippen LogP contribution is 2.29. The quantitative estimate of drug-likeness (QED) is 0.464. The van der Waals surface area contributed by atoms with E-state index in [1.807, 2.05) is 30.3 Å². The normalized spacial score (nSPS) is 10.6. The molecule has 1 aromatic heterocycles. The Hall–Kier alpha value is -3.73. The van der Waals surface area contributed by atoms with E-state index in [2.05, 4.69) is 35.3 Å². The predicted octanol–water partition coefficient (Wildman–Crippen LogP) is 5.17. The van der Waals surface area contributed by atoms with Crippen LogP contribution in [-0.2, 0) is 4.74 Å². The van der Waals surface area contributed by atoms with Crippen LogP contribution in [0.3, 0.4) is 0 Å². The molecule has 3 aromatic carbocycles. The van der Waals surface area contributed by atoms with Gasteiger partial charge in [-0.3, -0.25) is 0 Å². The summed E-state index contributed by atoms with van der Waals surface area (Å²) >= 11 is 0. The van der Waals surface area contributed by atoms with Gasteiger partial charge in [-0.1, -0.05) is 53.7 Å². The molecule has 5 nitrogen and oxygen atoms in total. The number of aryl methyl sites for hydroxylation is 1. The lowest BCUT2D eigenvalue weighted by atomic mass is 9.98. The molecule has 0 amide bonds. The number of nitrogens with zero attached hydrogens (tertiary/aromatic N) is 2. The van der Waals surface area contributed by atoms with Crippen LogP contribution < -0.4 is 0 Å². The smallest absolute Gasteiger partial charge is 0.337 e. The number of carbonyl (C=O) groups excluding carboxylic acids is 1. The van der Waals surface area contributed by atoms with Gasteiger partial charge in [0.05, 0.1) is 12.7 Å². The first-order valence-electron chi connectivity index (χ1n) is 8.84. The van der Waals surface area contributed by atoms with Crippen molar-refractivity contribution in [3.05, 3.63) is 83.9 Å². The second-order valence-corrected chi connectivity index (χ2v) is 6.39. The van der Waals surface area contributed by atoms with E-state index in [-0.39, 0.29) is 5.97 Å². The molecule has 138 valence electrons. The van der Waals surface area contributed by atoms with Crippen molar-refractivity contribution in [2.45, 2.75) is 6.92 Å². The number of aromatic nitrogens is 2. The topological polar surface area (TPSA) is 65.2 Å². The lowest BCUT2D eigenvalue weighted by Crippen LogP contribution is -2.00. The third kappa shape index (κ3) is 3.42. The third-order valence-corrected chi connectivity index (χ3v) is 4.55. The van der Waals surface area contributed by atoms with Gasteiger partial charge >= 0.3 is 5.97 Å². The van der Waals surface area contributed by atoms with Gasteiger partial charge in [0.2, 0.25) is 5.82 Å². The number of hydrogen-bond acceptors (Lipinski definition) is 5. The molecule has 0 saturated carbocycles. The molecule has 0 saturated heterocycles. The molecular formula is C23H18N2O3. The lowest BCUT2D eigenvalue weighted by molar-refractivity contribution is 0.0601. The average molecular weight is 370 g/mol. The van der Waals surface area contributed by atoms with E-state index in [0.717, 1.165) is 16.7 Å². The van der Waals surface area contributed by atoms with Crippen molar-refractivity contribution in [3.63, 3.8) is 0 Å². The molecule has 4 aromatic rings. The fourth-order valence-corrected chi connectivity index (χ4v) is 3.07. The van der Waals surface area contributed by atoms with Crippen LogP contribution in [0.2, 0.25) is 0 Å². The number of ether oxygens (including phenoxy) is 1. The molecule has 0 aliphatic carbocycles. The molecule has 0 unspecified atom stereocenters. The van der Waals surface area contributed by atoms with E-state index in [4.69, 9.17) is 9.26 Å². The van der Waals surface area contributed by atoms with E-state index in [9.17, 15) is 4.79 Å². The second kappa shape index (κ2) is 7.48. The van der Waals surface area contributed by atoms with Gasteiger partial charge in [-0.05, 0) is 47.9 Å². The number of carbonyl (C=O) groups is 1. The van der Waals surface area contributed by atoms with Gasteiger partial charge in [-0.15, -0.1) is 0 Å². The van der Waals surface area contributed by atoms with Crippen LogP contribution in [0.4, 0.5) is 0 Å². The zero-order chi connectivity index (χ0) is 19.5. The first kappa shape index (κ1) is 17.7. The van der Waals surface area contributed by atoms with Crippen molar-refractivity contribution < 1.29 is 14.1 Å². The minimum Gasteiger partial charge on any atom is -0.465 e. The van der Waals surface area contributed by atoms with Gasteiger partial charge in [0.25, 0.3) is 5.89 Å². The largest absolute Gasteiger partial charge is 0.465 e. The van der Waals surface area contributed by atoms with Gasteiger partial charge in [-0.25, -0.2) is 4.79 Å². The molecule has 4 rings (SSSR count). The molecule has 0 aliphatic heterocycles. The van der Waals surface area contributed by atoms with Gasteiger partial charge in [0.15, 0.2) is 0 Å². The van der Waals surface area contributed by atoms with E-state index in [0.29, 0.717) is 17.3 Å². The zero-order valence-electron chi connectivity index (χ0n) is 15.5. The SMILES string of the molecule is COC(=O)c1ccc(-c2noc(-c3ccc(-c4ccccc4)c(C)c3)n2)cc1. The number of methoxy groups -OCH3 is 1. The van der Waals surface area contributed by atoms with E-state index in [1.165, 1.54) is 18.2 Å². The summed E-state index contributed by atoms with van der Waals surface area (Å²) in [6.07, 6.45) is 0. The van der Waals surface area contributed by atoms with Gasteiger partial charge in [0.1, 0.15) is 0 Å². The van der Waals surface area contributed by atoms with Gasteiger partial charge in [0, 0.05) is 11.1 Å². The van der Waals surface area contributed by atoms with Crippen LogP contribution in [-0.4, -0.2) is 23.2 Å². The first-order valence-corrected chi connectivity index (χ1v) is 8.84. The summed E-state index contributed by atoms with van der Waals surface area (Å²) in [6, 6.07) is 23.2. The zero-order valence-corrected chi connectivity index (χ0v) is 15.5. The summed E-state index contributed by atoms with van der Waals surface area (Å²) < 4.78 is 10.2. The molecule has 0 bridgehead atoms. The highest BCUT2D eigenvalue weighted by Gasteiger charge is 2.13. The van der Waals surface area contributed by atoms with Gasteiger partial charge < -0.3 is 9.26 Å². The van der Waals surface area contributed by atoms with Gasteiger partial charge in [-0.2, -0.15) is 4.98 Å². The number of benzene rings is 3. The monoisotopic (exact) mass is 370 g/mol. The van der Waals surface area contributed by atoms with Crippen molar-refractivity contribution >= 4 is 5.97 Å². The Morgan fingerprint density at radius 1 is 0.893 bits per heavy atom. The third-order valence-electron chi connectivity index (χ3n) is 4.55. The summed E-state index contributed by atoms with van der Waals surface area (Å²) in [5.41, 5.74) is 5.57. The maximum absolute atomic E-state index is 11.5. The van der Waals surface area contributed by atoms with Crippen molar-refractivity contribution in [2.75, 3.05) is 7.11 Å². The number of hydrogen-bond donors (Lipinski definition) is 0. The Labute approximate surface area is 162 Å². The molecule has 1 heterocycles. The molecule has 0 N–H and O–H groups in total. The summed E-state index contributed by atoms with van der Waals surface area (Å²) in [7, 11) is 1.35. The molecule has 5 heteroatoms. The standard InChI is InChI=1S/C23H18N2O3/c1-15-14-19(12-13-20(15)16-6-4-3-5-7-16)22-24-21(25-28-22)17-8-10-18(11-9-17)23(26)27-2/h3-14H,1-2H3.